The largest absolute Gasteiger partial charge is 0.483 e. The summed E-state index contributed by atoms with van der Waals surface area (Å²) in [5.41, 5.74) is 0.880. The van der Waals surface area contributed by atoms with E-state index in [2.05, 4.69) is 4.74 Å². The topological polar surface area (TPSA) is 44.8 Å². The number of carbonyl (C=O) groups is 1. The summed E-state index contributed by atoms with van der Waals surface area (Å²) in [4.78, 5) is 11.4. The van der Waals surface area contributed by atoms with E-state index in [1.165, 1.54) is 7.11 Å². The van der Waals surface area contributed by atoms with Crippen molar-refractivity contribution in [2.75, 3.05) is 7.11 Å². The third kappa shape index (κ3) is 2.42. The minimum Gasteiger partial charge on any atom is -0.483 e. The van der Waals surface area contributed by atoms with E-state index >= 15 is 0 Å². The number of ether oxygens (including phenoxy) is 3. The highest BCUT2D eigenvalue weighted by Gasteiger charge is 2.33. The lowest BCUT2D eigenvalue weighted by Crippen LogP contribution is -2.26. The van der Waals surface area contributed by atoms with Gasteiger partial charge in [-0.3, -0.25) is 0 Å². The van der Waals surface area contributed by atoms with Crippen LogP contribution in [0.15, 0.2) is 18.2 Å². The fourth-order valence-corrected chi connectivity index (χ4v) is 2.08. The molecule has 1 aromatic carbocycles. The van der Waals surface area contributed by atoms with Crippen molar-refractivity contribution < 1.29 is 19.0 Å². The highest BCUT2D eigenvalue weighted by Crippen LogP contribution is 2.42. The van der Waals surface area contributed by atoms with Crippen molar-refractivity contribution in [2.45, 2.75) is 38.9 Å². The van der Waals surface area contributed by atoms with Crippen LogP contribution >= 0.6 is 0 Å². The summed E-state index contributed by atoms with van der Waals surface area (Å²) in [6.45, 7) is 5.71. The van der Waals surface area contributed by atoms with Crippen LogP contribution in [0.4, 0.5) is 0 Å². The Morgan fingerprint density at radius 2 is 2.17 bits per heavy atom. The number of hydrogen-bond acceptors (Lipinski definition) is 4. The number of methoxy groups -OCH3 is 1. The second-order valence-electron chi connectivity index (χ2n) is 5.07. The molecular formula is C14H18O4. The minimum absolute atomic E-state index is 0.226. The maximum absolute atomic E-state index is 11.4. The maximum atomic E-state index is 11.4. The van der Waals surface area contributed by atoms with Crippen LogP contribution < -0.4 is 9.47 Å². The Labute approximate surface area is 107 Å². The molecule has 0 amide bonds. The summed E-state index contributed by atoms with van der Waals surface area (Å²) in [5, 5.41) is 0. The molecule has 0 saturated heterocycles. The quantitative estimate of drug-likeness (QED) is 0.772. The summed E-state index contributed by atoms with van der Waals surface area (Å²) in [7, 11) is 1.34. The number of hydrogen-bond donors (Lipinski definition) is 0. The zero-order valence-corrected chi connectivity index (χ0v) is 11.1. The highest BCUT2D eigenvalue weighted by molar-refractivity contribution is 5.74. The van der Waals surface area contributed by atoms with Gasteiger partial charge in [0.05, 0.1) is 7.11 Å². The number of benzene rings is 1. The van der Waals surface area contributed by atoms with Gasteiger partial charge in [-0.25, -0.2) is 4.79 Å². The monoisotopic (exact) mass is 250 g/mol. The number of carbonyl (C=O) groups excluding carboxylic acids is 1. The molecular weight excluding hydrogens is 232 g/mol. The average Bonchev–Trinajstić information content (AvgIpc) is 2.63. The van der Waals surface area contributed by atoms with Crippen molar-refractivity contribution in [1.82, 2.24) is 0 Å². The van der Waals surface area contributed by atoms with Crippen LogP contribution in [0.1, 0.15) is 26.3 Å². The summed E-state index contributed by atoms with van der Waals surface area (Å²) < 4.78 is 16.1. The predicted octanol–water partition coefficient (Wildman–Crippen LogP) is 2.34. The van der Waals surface area contributed by atoms with Crippen molar-refractivity contribution in [3.05, 3.63) is 23.8 Å². The van der Waals surface area contributed by atoms with Crippen LogP contribution in [0.25, 0.3) is 0 Å². The van der Waals surface area contributed by atoms with Crippen molar-refractivity contribution in [1.29, 1.82) is 0 Å². The second-order valence-corrected chi connectivity index (χ2v) is 5.07. The third-order valence-electron chi connectivity index (χ3n) is 2.89. The SMILES string of the molecule is COC(=O)C(C)Oc1cccc2c1OC(C)(C)C2. The van der Waals surface area contributed by atoms with Gasteiger partial charge in [-0.1, -0.05) is 12.1 Å². The fourth-order valence-electron chi connectivity index (χ4n) is 2.08. The minimum atomic E-state index is -0.645. The van der Waals surface area contributed by atoms with E-state index in [9.17, 15) is 4.79 Å². The average molecular weight is 250 g/mol. The molecule has 0 aliphatic carbocycles. The molecule has 0 N–H and O–H groups in total. The first-order chi connectivity index (χ1) is 8.43. The van der Waals surface area contributed by atoms with Crippen LogP contribution in [0.2, 0.25) is 0 Å². The lowest BCUT2D eigenvalue weighted by atomic mass is 10.0. The standard InChI is InChI=1S/C14H18O4/c1-9(13(15)16-4)17-11-7-5-6-10-8-14(2,3)18-12(10)11/h5-7,9H,8H2,1-4H3. The molecule has 1 aliphatic rings. The number of para-hydroxylation sites is 1. The zero-order valence-electron chi connectivity index (χ0n) is 11.1. The summed E-state index contributed by atoms with van der Waals surface area (Å²) >= 11 is 0. The fraction of sp³-hybridized carbons (Fsp3) is 0.500. The van der Waals surface area contributed by atoms with Crippen LogP contribution in [0.3, 0.4) is 0 Å². The number of fused-ring (bicyclic) bond motifs is 1. The Morgan fingerprint density at radius 3 is 2.83 bits per heavy atom. The molecule has 0 fully saturated rings. The molecule has 1 atom stereocenters. The van der Waals surface area contributed by atoms with Gasteiger partial charge in [0.25, 0.3) is 0 Å². The van der Waals surface area contributed by atoms with Crippen LogP contribution in [0.5, 0.6) is 11.5 Å². The number of esters is 1. The molecule has 1 aromatic rings. The molecule has 4 heteroatoms. The molecule has 98 valence electrons. The summed E-state index contributed by atoms with van der Waals surface area (Å²) in [6, 6.07) is 5.72. The molecule has 4 nitrogen and oxygen atoms in total. The maximum Gasteiger partial charge on any atom is 0.346 e. The van der Waals surface area contributed by atoms with Crippen LogP contribution in [0, 0.1) is 0 Å². The highest BCUT2D eigenvalue weighted by atomic mass is 16.6. The van der Waals surface area contributed by atoms with Gasteiger partial charge in [0.2, 0.25) is 0 Å². The molecule has 1 aliphatic heterocycles. The molecule has 1 heterocycles. The molecule has 0 bridgehead atoms. The Bertz CT molecular complexity index is 465. The first kappa shape index (κ1) is 12.7. The molecule has 1 unspecified atom stereocenters. The Hall–Kier alpha value is -1.71. The summed E-state index contributed by atoms with van der Waals surface area (Å²) in [6.07, 6.45) is 0.195. The lowest BCUT2D eigenvalue weighted by Gasteiger charge is -2.19. The van der Waals surface area contributed by atoms with Gasteiger partial charge in [0.15, 0.2) is 17.6 Å². The Balaban J connectivity index is 2.22. The van der Waals surface area contributed by atoms with Gasteiger partial charge < -0.3 is 14.2 Å². The van der Waals surface area contributed by atoms with Crippen molar-refractivity contribution >= 4 is 5.97 Å². The van der Waals surface area contributed by atoms with Gasteiger partial charge in [-0.15, -0.1) is 0 Å². The van der Waals surface area contributed by atoms with Gasteiger partial charge in [0, 0.05) is 12.0 Å². The third-order valence-corrected chi connectivity index (χ3v) is 2.89. The van der Waals surface area contributed by atoms with Gasteiger partial charge in [0.1, 0.15) is 5.60 Å². The molecule has 0 saturated carbocycles. The van der Waals surface area contributed by atoms with E-state index in [-0.39, 0.29) is 5.60 Å². The van der Waals surface area contributed by atoms with E-state index in [0.717, 1.165) is 17.7 Å². The van der Waals surface area contributed by atoms with E-state index in [0.29, 0.717) is 5.75 Å². The normalized spacial score (nSPS) is 17.6. The van der Waals surface area contributed by atoms with E-state index in [1.807, 2.05) is 26.0 Å². The predicted molar refractivity (Wildman–Crippen MR) is 67.0 cm³/mol. The zero-order chi connectivity index (χ0) is 13.3. The van der Waals surface area contributed by atoms with Gasteiger partial charge in [-0.05, 0) is 26.8 Å². The van der Waals surface area contributed by atoms with Gasteiger partial charge in [-0.2, -0.15) is 0 Å². The molecule has 0 radical (unpaired) electrons. The van der Waals surface area contributed by atoms with Gasteiger partial charge >= 0.3 is 5.97 Å². The van der Waals surface area contributed by atoms with E-state index in [4.69, 9.17) is 9.47 Å². The second kappa shape index (κ2) is 4.52. The van der Waals surface area contributed by atoms with Crippen LogP contribution in [-0.4, -0.2) is 24.8 Å². The lowest BCUT2D eigenvalue weighted by molar-refractivity contribution is -0.147. The Kier molecular flexibility index (Phi) is 3.20. The first-order valence-electron chi connectivity index (χ1n) is 5.98. The van der Waals surface area contributed by atoms with Crippen molar-refractivity contribution in [3.63, 3.8) is 0 Å². The molecule has 2 rings (SSSR count). The summed E-state index contributed by atoms with van der Waals surface area (Å²) in [5.74, 6) is 0.930. The van der Waals surface area contributed by atoms with Crippen molar-refractivity contribution in [2.24, 2.45) is 0 Å². The van der Waals surface area contributed by atoms with Crippen molar-refractivity contribution in [3.8, 4) is 11.5 Å². The van der Waals surface area contributed by atoms with Crippen LogP contribution in [-0.2, 0) is 16.0 Å². The smallest absolute Gasteiger partial charge is 0.346 e. The first-order valence-corrected chi connectivity index (χ1v) is 5.98. The molecule has 0 aromatic heterocycles. The molecule has 18 heavy (non-hydrogen) atoms. The van der Waals surface area contributed by atoms with E-state index in [1.54, 1.807) is 13.0 Å². The van der Waals surface area contributed by atoms with E-state index < -0.39 is 12.1 Å². The number of rotatable bonds is 3. The Morgan fingerprint density at radius 1 is 1.44 bits per heavy atom. The molecule has 0 spiro atoms.